The summed E-state index contributed by atoms with van der Waals surface area (Å²) in [6, 6.07) is 4.47. The molecular weight excluding hydrogens is 277 g/mol. The number of nitrogens with one attached hydrogen (secondary N) is 1. The second kappa shape index (κ2) is 8.16. The van der Waals surface area contributed by atoms with E-state index in [0.29, 0.717) is 5.56 Å². The lowest BCUT2D eigenvalue weighted by atomic mass is 10.00. The van der Waals surface area contributed by atoms with Crippen molar-refractivity contribution in [3.05, 3.63) is 48.3 Å². The summed E-state index contributed by atoms with van der Waals surface area (Å²) in [5, 5.41) is 11.4. The first-order chi connectivity index (χ1) is 9.95. The van der Waals surface area contributed by atoms with Crippen LogP contribution < -0.4 is 5.32 Å². The number of hydrogen-bond donors (Lipinski definition) is 2. The Labute approximate surface area is 122 Å². The van der Waals surface area contributed by atoms with E-state index in [2.05, 4.69) is 11.9 Å². The van der Waals surface area contributed by atoms with Crippen molar-refractivity contribution in [3.63, 3.8) is 0 Å². The molecule has 0 saturated heterocycles. The highest BCUT2D eigenvalue weighted by molar-refractivity contribution is 5.87. The molecule has 0 aliphatic carbocycles. The van der Waals surface area contributed by atoms with Gasteiger partial charge in [0.05, 0.1) is 19.1 Å². The molecule has 0 spiro atoms. The molecule has 0 bridgehead atoms. The lowest BCUT2D eigenvalue weighted by Gasteiger charge is -2.18. The molecule has 0 fully saturated rings. The molecule has 21 heavy (non-hydrogen) atoms. The van der Waals surface area contributed by atoms with Crippen LogP contribution in [0.1, 0.15) is 18.4 Å². The molecule has 0 radical (unpaired) electrons. The van der Waals surface area contributed by atoms with Crippen LogP contribution in [-0.2, 0) is 14.3 Å². The lowest BCUT2D eigenvalue weighted by molar-refractivity contribution is -0.143. The molecule has 2 atom stereocenters. The third-order valence-electron chi connectivity index (χ3n) is 2.88. The summed E-state index contributed by atoms with van der Waals surface area (Å²) < 4.78 is 18.2. The van der Waals surface area contributed by atoms with E-state index in [1.165, 1.54) is 24.3 Å². The van der Waals surface area contributed by atoms with Crippen LogP contribution in [0.25, 0.3) is 0 Å². The van der Waals surface area contributed by atoms with Crippen LogP contribution in [-0.4, -0.2) is 36.2 Å². The van der Waals surface area contributed by atoms with Gasteiger partial charge in [-0.2, -0.15) is 0 Å². The van der Waals surface area contributed by atoms with Gasteiger partial charge in [0.1, 0.15) is 5.82 Å². The van der Waals surface area contributed by atoms with Crippen molar-refractivity contribution in [1.29, 1.82) is 0 Å². The van der Waals surface area contributed by atoms with E-state index in [1.54, 1.807) is 13.0 Å². The van der Waals surface area contributed by atoms with Gasteiger partial charge in [0.25, 0.3) is 0 Å². The molecule has 0 aliphatic heterocycles. The van der Waals surface area contributed by atoms with Crippen molar-refractivity contribution >= 4 is 11.9 Å². The number of carboxylic acid groups (broad SMARTS) is 1. The average Bonchev–Trinajstić information content (AvgIpc) is 2.45. The standard InChI is InChI=1S/C15H18FNO4/c1-3-7-21-9-13(15(19)20)17-14(18)10(2)11-5-4-6-12(16)8-11/h3-6,8,10,13H,1,7,9H2,2H3,(H,17,18)(H,19,20). The zero-order chi connectivity index (χ0) is 15.8. The Morgan fingerprint density at radius 3 is 2.81 bits per heavy atom. The molecule has 2 N–H and O–H groups in total. The Bertz CT molecular complexity index is 518. The highest BCUT2D eigenvalue weighted by Crippen LogP contribution is 2.16. The van der Waals surface area contributed by atoms with Gasteiger partial charge in [-0.3, -0.25) is 4.79 Å². The number of carboxylic acids is 1. The highest BCUT2D eigenvalue weighted by Gasteiger charge is 2.24. The minimum Gasteiger partial charge on any atom is -0.480 e. The summed E-state index contributed by atoms with van der Waals surface area (Å²) in [6.07, 6.45) is 1.48. The minimum atomic E-state index is -1.20. The zero-order valence-corrected chi connectivity index (χ0v) is 11.7. The molecule has 6 heteroatoms. The van der Waals surface area contributed by atoms with Gasteiger partial charge in [-0.25, -0.2) is 9.18 Å². The third kappa shape index (κ3) is 5.35. The van der Waals surface area contributed by atoms with E-state index >= 15 is 0 Å². The van der Waals surface area contributed by atoms with Crippen molar-refractivity contribution in [2.24, 2.45) is 0 Å². The number of amides is 1. The van der Waals surface area contributed by atoms with E-state index in [1.807, 2.05) is 0 Å². The summed E-state index contributed by atoms with van der Waals surface area (Å²) in [7, 11) is 0. The fourth-order valence-corrected chi connectivity index (χ4v) is 1.67. The fraction of sp³-hybridized carbons (Fsp3) is 0.333. The van der Waals surface area contributed by atoms with Gasteiger partial charge in [-0.1, -0.05) is 18.2 Å². The summed E-state index contributed by atoms with van der Waals surface area (Å²) in [5.74, 6) is -2.81. The summed E-state index contributed by atoms with van der Waals surface area (Å²) in [4.78, 5) is 23.1. The average molecular weight is 295 g/mol. The quantitative estimate of drug-likeness (QED) is 0.565. The molecule has 2 unspecified atom stereocenters. The van der Waals surface area contributed by atoms with Crippen molar-refractivity contribution in [2.45, 2.75) is 18.9 Å². The van der Waals surface area contributed by atoms with Crippen LogP contribution in [0.4, 0.5) is 4.39 Å². The molecule has 0 heterocycles. The van der Waals surface area contributed by atoms with Crippen LogP contribution in [0.15, 0.2) is 36.9 Å². The normalized spacial score (nSPS) is 13.2. The first kappa shape index (κ1) is 16.8. The Morgan fingerprint density at radius 2 is 2.24 bits per heavy atom. The van der Waals surface area contributed by atoms with E-state index in [0.717, 1.165) is 0 Å². The monoisotopic (exact) mass is 295 g/mol. The lowest BCUT2D eigenvalue weighted by Crippen LogP contribution is -2.45. The van der Waals surface area contributed by atoms with Gasteiger partial charge in [0.15, 0.2) is 6.04 Å². The SMILES string of the molecule is C=CCOCC(NC(=O)C(C)c1cccc(F)c1)C(=O)O. The van der Waals surface area contributed by atoms with Crippen molar-refractivity contribution < 1.29 is 23.8 Å². The first-order valence-corrected chi connectivity index (χ1v) is 6.43. The fourth-order valence-electron chi connectivity index (χ4n) is 1.67. The molecule has 5 nitrogen and oxygen atoms in total. The maximum atomic E-state index is 13.1. The highest BCUT2D eigenvalue weighted by atomic mass is 19.1. The molecule has 1 rings (SSSR count). The topological polar surface area (TPSA) is 75.6 Å². The number of hydrogen-bond acceptors (Lipinski definition) is 3. The smallest absolute Gasteiger partial charge is 0.328 e. The summed E-state index contributed by atoms with van der Waals surface area (Å²) in [5.41, 5.74) is 0.476. The predicted molar refractivity (Wildman–Crippen MR) is 75.4 cm³/mol. The number of ether oxygens (including phenoxy) is 1. The number of aliphatic carboxylic acids is 1. The number of halogens is 1. The van der Waals surface area contributed by atoms with E-state index in [4.69, 9.17) is 9.84 Å². The molecule has 114 valence electrons. The van der Waals surface area contributed by atoms with Crippen LogP contribution >= 0.6 is 0 Å². The number of rotatable bonds is 8. The second-order valence-corrected chi connectivity index (χ2v) is 4.50. The Hall–Kier alpha value is -2.21. The van der Waals surface area contributed by atoms with Crippen LogP contribution in [0.3, 0.4) is 0 Å². The van der Waals surface area contributed by atoms with E-state index < -0.39 is 29.7 Å². The third-order valence-corrected chi connectivity index (χ3v) is 2.88. The predicted octanol–water partition coefficient (Wildman–Crippen LogP) is 1.70. The summed E-state index contributed by atoms with van der Waals surface area (Å²) in [6.45, 7) is 5.05. The Morgan fingerprint density at radius 1 is 1.52 bits per heavy atom. The van der Waals surface area contributed by atoms with Crippen molar-refractivity contribution in [2.75, 3.05) is 13.2 Å². The second-order valence-electron chi connectivity index (χ2n) is 4.50. The maximum absolute atomic E-state index is 13.1. The van der Waals surface area contributed by atoms with Gasteiger partial charge in [0, 0.05) is 0 Å². The Balaban J connectivity index is 2.68. The van der Waals surface area contributed by atoms with Crippen LogP contribution in [0.2, 0.25) is 0 Å². The van der Waals surface area contributed by atoms with Crippen LogP contribution in [0.5, 0.6) is 0 Å². The van der Waals surface area contributed by atoms with E-state index in [9.17, 15) is 14.0 Å². The van der Waals surface area contributed by atoms with Crippen molar-refractivity contribution in [3.8, 4) is 0 Å². The van der Waals surface area contributed by atoms with Gasteiger partial charge in [-0.15, -0.1) is 6.58 Å². The summed E-state index contributed by atoms with van der Waals surface area (Å²) >= 11 is 0. The van der Waals surface area contributed by atoms with Gasteiger partial charge in [-0.05, 0) is 24.6 Å². The molecule has 0 aromatic heterocycles. The maximum Gasteiger partial charge on any atom is 0.328 e. The molecule has 1 amide bonds. The molecular formula is C15H18FNO4. The first-order valence-electron chi connectivity index (χ1n) is 6.43. The van der Waals surface area contributed by atoms with E-state index in [-0.39, 0.29) is 13.2 Å². The number of benzene rings is 1. The Kier molecular flexibility index (Phi) is 6.55. The number of carbonyl (C=O) groups is 2. The molecule has 0 saturated carbocycles. The number of carbonyl (C=O) groups excluding carboxylic acids is 1. The zero-order valence-electron chi connectivity index (χ0n) is 11.7. The van der Waals surface area contributed by atoms with Gasteiger partial charge < -0.3 is 15.2 Å². The molecule has 0 aliphatic rings. The van der Waals surface area contributed by atoms with Gasteiger partial charge in [0.2, 0.25) is 5.91 Å². The molecule has 1 aromatic carbocycles. The largest absolute Gasteiger partial charge is 0.480 e. The van der Waals surface area contributed by atoms with Crippen LogP contribution in [0, 0.1) is 5.82 Å². The van der Waals surface area contributed by atoms with Crippen molar-refractivity contribution in [1.82, 2.24) is 5.32 Å². The minimum absolute atomic E-state index is 0.164. The molecule has 1 aromatic rings. The van der Waals surface area contributed by atoms with Gasteiger partial charge >= 0.3 is 5.97 Å².